The van der Waals surface area contributed by atoms with Crippen molar-refractivity contribution in [2.24, 2.45) is 0 Å². The number of hydrogen-bond donors (Lipinski definition) is 1. The van der Waals surface area contributed by atoms with Gasteiger partial charge in [-0.2, -0.15) is 0 Å². The van der Waals surface area contributed by atoms with Crippen molar-refractivity contribution < 1.29 is 13.5 Å². The van der Waals surface area contributed by atoms with Crippen molar-refractivity contribution in [3.8, 4) is 0 Å². The molecule has 4 nitrogen and oxygen atoms in total. The maximum atomic E-state index is 11.9. The molecule has 1 N–H and O–H groups in total. The molecule has 0 aromatic carbocycles. The molecule has 1 atom stereocenters. The van der Waals surface area contributed by atoms with Crippen LogP contribution in [-0.2, 0) is 16.4 Å². The van der Waals surface area contributed by atoms with E-state index in [4.69, 9.17) is 5.11 Å². The first-order chi connectivity index (χ1) is 7.97. The topological polar surface area (TPSA) is 57.6 Å². The van der Waals surface area contributed by atoms with Gasteiger partial charge in [-0.15, -0.1) is 11.3 Å². The number of nitrogens with zero attached hydrogens (tertiary/aromatic N) is 1. The molecule has 0 aliphatic heterocycles. The summed E-state index contributed by atoms with van der Waals surface area (Å²) in [4.78, 5) is 1.18. The van der Waals surface area contributed by atoms with Crippen molar-refractivity contribution in [2.75, 3.05) is 19.4 Å². The number of rotatable bonds is 7. The van der Waals surface area contributed by atoms with Crippen LogP contribution in [0.1, 0.15) is 18.2 Å². The van der Waals surface area contributed by atoms with Gasteiger partial charge >= 0.3 is 0 Å². The van der Waals surface area contributed by atoms with Crippen LogP contribution in [0.3, 0.4) is 0 Å². The predicted octanol–water partition coefficient (Wildman–Crippen LogP) is 1.32. The lowest BCUT2D eigenvalue weighted by molar-refractivity contribution is 0.293. The van der Waals surface area contributed by atoms with Gasteiger partial charge in [0.05, 0.1) is 5.75 Å². The normalized spacial score (nSPS) is 14.1. The number of thiophene rings is 1. The van der Waals surface area contributed by atoms with E-state index < -0.39 is 10.0 Å². The smallest absolute Gasteiger partial charge is 0.214 e. The number of hydrogen-bond acceptors (Lipinski definition) is 4. The zero-order valence-corrected chi connectivity index (χ0v) is 11.8. The molecule has 1 rings (SSSR count). The van der Waals surface area contributed by atoms with Crippen molar-refractivity contribution in [1.82, 2.24) is 4.31 Å². The van der Waals surface area contributed by atoms with E-state index in [9.17, 15) is 8.42 Å². The van der Waals surface area contributed by atoms with Crippen LogP contribution >= 0.6 is 11.3 Å². The number of likely N-dealkylation sites (N-methyl/N-ethyl adjacent to an activating group) is 1. The van der Waals surface area contributed by atoms with Gasteiger partial charge in [0.2, 0.25) is 10.0 Å². The highest BCUT2D eigenvalue weighted by Crippen LogP contribution is 2.15. The summed E-state index contributed by atoms with van der Waals surface area (Å²) >= 11 is 1.64. The molecule has 1 heterocycles. The number of sulfonamides is 1. The van der Waals surface area contributed by atoms with E-state index in [2.05, 4.69) is 0 Å². The van der Waals surface area contributed by atoms with Crippen LogP contribution in [0, 0.1) is 0 Å². The molecule has 0 fully saturated rings. The third kappa shape index (κ3) is 4.39. The Kier molecular flexibility index (Phi) is 5.58. The predicted molar refractivity (Wildman–Crippen MR) is 70.7 cm³/mol. The second-order valence-electron chi connectivity index (χ2n) is 4.04. The second-order valence-corrected chi connectivity index (χ2v) is 7.22. The Morgan fingerprint density at radius 2 is 2.24 bits per heavy atom. The summed E-state index contributed by atoms with van der Waals surface area (Å²) in [5.41, 5.74) is 0. The summed E-state index contributed by atoms with van der Waals surface area (Å²) in [6.07, 6.45) is 1.02. The van der Waals surface area contributed by atoms with E-state index >= 15 is 0 Å². The average molecular weight is 277 g/mol. The monoisotopic (exact) mass is 277 g/mol. The molecule has 1 aromatic rings. The second kappa shape index (κ2) is 6.49. The molecule has 0 bridgehead atoms. The summed E-state index contributed by atoms with van der Waals surface area (Å²) in [7, 11) is -1.64. The van der Waals surface area contributed by atoms with E-state index in [0.29, 0.717) is 6.42 Å². The molecule has 0 radical (unpaired) electrons. The first-order valence-corrected chi connectivity index (χ1v) is 8.05. The van der Waals surface area contributed by atoms with Crippen molar-refractivity contribution in [3.63, 3.8) is 0 Å². The Morgan fingerprint density at radius 1 is 1.53 bits per heavy atom. The fourth-order valence-electron chi connectivity index (χ4n) is 1.51. The highest BCUT2D eigenvalue weighted by atomic mass is 32.2. The van der Waals surface area contributed by atoms with Crippen LogP contribution < -0.4 is 0 Å². The van der Waals surface area contributed by atoms with Crippen molar-refractivity contribution in [1.29, 1.82) is 0 Å². The third-order valence-corrected chi connectivity index (χ3v) is 5.64. The van der Waals surface area contributed by atoms with Crippen molar-refractivity contribution in [2.45, 2.75) is 25.8 Å². The quantitative estimate of drug-likeness (QED) is 0.818. The summed E-state index contributed by atoms with van der Waals surface area (Å²) in [6, 6.07) is 3.92. The maximum absolute atomic E-state index is 11.9. The fourth-order valence-corrected chi connectivity index (χ4v) is 3.74. The summed E-state index contributed by atoms with van der Waals surface area (Å²) < 4.78 is 25.2. The molecule has 1 aromatic heterocycles. The van der Waals surface area contributed by atoms with Crippen LogP contribution in [0.15, 0.2) is 17.5 Å². The van der Waals surface area contributed by atoms with Gasteiger partial charge in [-0.1, -0.05) is 6.07 Å². The Balaban J connectivity index is 2.59. The zero-order valence-electron chi connectivity index (χ0n) is 10.2. The summed E-state index contributed by atoms with van der Waals surface area (Å²) in [5.74, 6) is 0.00871. The molecule has 0 spiro atoms. The Bertz CT molecular complexity index is 414. The Hall–Kier alpha value is -0.430. The van der Waals surface area contributed by atoms with Gasteiger partial charge in [-0.25, -0.2) is 12.7 Å². The molecule has 0 aliphatic rings. The van der Waals surface area contributed by atoms with Crippen molar-refractivity contribution >= 4 is 21.4 Å². The molecule has 0 saturated heterocycles. The minimum atomic E-state index is -3.25. The van der Waals surface area contributed by atoms with Gasteiger partial charge in [0.15, 0.2) is 0 Å². The summed E-state index contributed by atoms with van der Waals surface area (Å²) in [5, 5.41) is 10.7. The van der Waals surface area contributed by atoms with Gasteiger partial charge in [0.1, 0.15) is 0 Å². The average Bonchev–Trinajstić information content (AvgIpc) is 2.78. The Morgan fingerprint density at radius 3 is 2.76 bits per heavy atom. The minimum absolute atomic E-state index is 0.00871. The standard InChI is InChI=1S/C11H19NO3S2/c1-10(9-11-5-3-7-16-11)12(2)17(14,15)8-4-6-13/h3,5,7,10,13H,4,6,8-9H2,1-2H3. The zero-order chi connectivity index (χ0) is 12.9. The molecule has 17 heavy (non-hydrogen) atoms. The lowest BCUT2D eigenvalue weighted by atomic mass is 10.2. The molecule has 0 saturated carbocycles. The number of aliphatic hydroxyl groups is 1. The van der Waals surface area contributed by atoms with Gasteiger partial charge < -0.3 is 5.11 Å². The molecule has 1 unspecified atom stereocenters. The van der Waals surface area contributed by atoms with Crippen LogP contribution in [0.2, 0.25) is 0 Å². The van der Waals surface area contributed by atoms with Crippen LogP contribution in [0.25, 0.3) is 0 Å². The Labute approximate surface area is 107 Å². The highest BCUT2D eigenvalue weighted by molar-refractivity contribution is 7.89. The molecular weight excluding hydrogens is 258 g/mol. The molecule has 0 aliphatic carbocycles. The number of aliphatic hydroxyl groups excluding tert-OH is 1. The van der Waals surface area contributed by atoms with Crippen molar-refractivity contribution in [3.05, 3.63) is 22.4 Å². The van der Waals surface area contributed by atoms with E-state index in [1.165, 1.54) is 9.18 Å². The minimum Gasteiger partial charge on any atom is -0.396 e. The molecule has 6 heteroatoms. The lowest BCUT2D eigenvalue weighted by Gasteiger charge is -2.23. The lowest BCUT2D eigenvalue weighted by Crippen LogP contribution is -2.37. The SMILES string of the molecule is CC(Cc1cccs1)N(C)S(=O)(=O)CCCO. The van der Waals surface area contributed by atoms with Crippen LogP contribution in [0.4, 0.5) is 0 Å². The molecular formula is C11H19NO3S2. The largest absolute Gasteiger partial charge is 0.396 e. The summed E-state index contributed by atoms with van der Waals surface area (Å²) in [6.45, 7) is 1.81. The van der Waals surface area contributed by atoms with Gasteiger partial charge in [0.25, 0.3) is 0 Å². The van der Waals surface area contributed by atoms with E-state index in [-0.39, 0.29) is 18.4 Å². The first-order valence-electron chi connectivity index (χ1n) is 5.56. The highest BCUT2D eigenvalue weighted by Gasteiger charge is 2.22. The van der Waals surface area contributed by atoms with Crippen LogP contribution in [-0.4, -0.2) is 43.3 Å². The molecule has 98 valence electrons. The first kappa shape index (κ1) is 14.6. The third-order valence-electron chi connectivity index (χ3n) is 2.70. The van der Waals surface area contributed by atoms with Gasteiger partial charge in [-0.3, -0.25) is 0 Å². The fraction of sp³-hybridized carbons (Fsp3) is 0.636. The van der Waals surface area contributed by atoms with Gasteiger partial charge in [0, 0.05) is 24.6 Å². The molecule has 0 amide bonds. The van der Waals surface area contributed by atoms with E-state index in [0.717, 1.165) is 6.42 Å². The van der Waals surface area contributed by atoms with Gasteiger partial charge in [-0.05, 0) is 31.2 Å². The van der Waals surface area contributed by atoms with E-state index in [1.807, 2.05) is 24.4 Å². The maximum Gasteiger partial charge on any atom is 0.214 e. The van der Waals surface area contributed by atoms with E-state index in [1.54, 1.807) is 18.4 Å². The van der Waals surface area contributed by atoms with Crippen LogP contribution in [0.5, 0.6) is 0 Å².